The van der Waals surface area contributed by atoms with E-state index in [9.17, 15) is 10.2 Å². The van der Waals surface area contributed by atoms with Gasteiger partial charge in [-0.3, -0.25) is 4.57 Å². The predicted molar refractivity (Wildman–Crippen MR) is 74.2 cm³/mol. The molecular formula is C14H16N4O3. The van der Waals surface area contributed by atoms with Gasteiger partial charge in [0.1, 0.15) is 17.7 Å². The first-order valence-electron chi connectivity index (χ1n) is 6.68. The Labute approximate surface area is 121 Å². The van der Waals surface area contributed by atoms with E-state index in [0.717, 1.165) is 0 Å². The topological polar surface area (TPSA) is 93.3 Å². The monoisotopic (exact) mass is 288 g/mol. The van der Waals surface area contributed by atoms with Crippen LogP contribution >= 0.6 is 0 Å². The van der Waals surface area contributed by atoms with Gasteiger partial charge in [0.15, 0.2) is 11.9 Å². The van der Waals surface area contributed by atoms with Gasteiger partial charge in [0.2, 0.25) is 5.82 Å². The Hall–Kier alpha value is -2.01. The Morgan fingerprint density at radius 1 is 1.29 bits per heavy atom. The van der Waals surface area contributed by atoms with Crippen LogP contribution in [0.4, 0.5) is 0 Å². The SMILES string of the molecule is CC#Cc1nc(C)c2ncn([C@@H]3O[C@H](C)[C@H](O)C3O)c2n1. The van der Waals surface area contributed by atoms with Crippen molar-refractivity contribution in [3.8, 4) is 11.8 Å². The number of nitrogens with zero attached hydrogens (tertiary/aromatic N) is 4. The Morgan fingerprint density at radius 2 is 2.05 bits per heavy atom. The molecule has 7 nitrogen and oxygen atoms in total. The van der Waals surface area contributed by atoms with Gasteiger partial charge in [0.05, 0.1) is 18.1 Å². The fourth-order valence-electron chi connectivity index (χ4n) is 2.47. The molecule has 3 heterocycles. The van der Waals surface area contributed by atoms with E-state index in [1.807, 2.05) is 6.92 Å². The molecule has 21 heavy (non-hydrogen) atoms. The van der Waals surface area contributed by atoms with Gasteiger partial charge in [-0.1, -0.05) is 5.92 Å². The van der Waals surface area contributed by atoms with Crippen LogP contribution in [0, 0.1) is 18.8 Å². The summed E-state index contributed by atoms with van der Waals surface area (Å²) >= 11 is 0. The Morgan fingerprint density at radius 3 is 2.67 bits per heavy atom. The number of fused-ring (bicyclic) bond motifs is 1. The van der Waals surface area contributed by atoms with Gasteiger partial charge < -0.3 is 14.9 Å². The molecule has 1 aliphatic rings. The fraction of sp³-hybridized carbons (Fsp3) is 0.500. The zero-order chi connectivity index (χ0) is 15.1. The molecule has 1 fully saturated rings. The first-order valence-corrected chi connectivity index (χ1v) is 6.68. The summed E-state index contributed by atoms with van der Waals surface area (Å²) in [6.45, 7) is 5.24. The van der Waals surface area contributed by atoms with Crippen molar-refractivity contribution in [2.45, 2.75) is 45.3 Å². The van der Waals surface area contributed by atoms with Gasteiger partial charge in [-0.05, 0) is 26.7 Å². The first kappa shape index (κ1) is 13.9. The second-order valence-electron chi connectivity index (χ2n) is 5.04. The highest BCUT2D eigenvalue weighted by molar-refractivity contribution is 5.73. The van der Waals surface area contributed by atoms with Crippen LogP contribution in [0.15, 0.2) is 6.33 Å². The molecule has 1 unspecified atom stereocenters. The van der Waals surface area contributed by atoms with Gasteiger partial charge in [0.25, 0.3) is 0 Å². The van der Waals surface area contributed by atoms with Crippen molar-refractivity contribution in [2.24, 2.45) is 0 Å². The van der Waals surface area contributed by atoms with E-state index in [-0.39, 0.29) is 0 Å². The lowest BCUT2D eigenvalue weighted by molar-refractivity contribution is -0.0299. The van der Waals surface area contributed by atoms with Crippen molar-refractivity contribution < 1.29 is 14.9 Å². The lowest BCUT2D eigenvalue weighted by atomic mass is 10.1. The second kappa shape index (κ2) is 5.07. The number of aryl methyl sites for hydroxylation is 1. The standard InChI is InChI=1S/C14H16N4O3/c1-4-5-9-16-7(2)10-13(17-9)18(6-15-10)14-12(20)11(19)8(3)21-14/h6,8,11-12,14,19-20H,1-3H3/t8-,11+,12?,14-/m1/s1. The Balaban J connectivity index is 2.13. The van der Waals surface area contributed by atoms with Crippen LogP contribution in [0.3, 0.4) is 0 Å². The third kappa shape index (κ3) is 2.17. The predicted octanol–water partition coefficient (Wildman–Crippen LogP) is 0.145. The van der Waals surface area contributed by atoms with E-state index >= 15 is 0 Å². The molecule has 1 saturated heterocycles. The summed E-state index contributed by atoms with van der Waals surface area (Å²) in [5, 5.41) is 19.9. The molecule has 0 radical (unpaired) electrons. The summed E-state index contributed by atoms with van der Waals surface area (Å²) in [5.74, 6) is 5.96. The normalized spacial score (nSPS) is 28.6. The van der Waals surface area contributed by atoms with Crippen LogP contribution in [-0.2, 0) is 4.74 Å². The summed E-state index contributed by atoms with van der Waals surface area (Å²) in [5.41, 5.74) is 1.87. The molecule has 2 aromatic heterocycles. The lowest BCUT2D eigenvalue weighted by Crippen LogP contribution is -2.30. The highest BCUT2D eigenvalue weighted by atomic mass is 16.6. The summed E-state index contributed by atoms with van der Waals surface area (Å²) in [4.78, 5) is 12.9. The summed E-state index contributed by atoms with van der Waals surface area (Å²) < 4.78 is 7.22. The molecular weight excluding hydrogens is 272 g/mol. The van der Waals surface area contributed by atoms with E-state index in [1.165, 1.54) is 6.33 Å². The van der Waals surface area contributed by atoms with Gasteiger partial charge in [0, 0.05) is 0 Å². The number of rotatable bonds is 1. The summed E-state index contributed by atoms with van der Waals surface area (Å²) in [6.07, 6.45) is -1.62. The smallest absolute Gasteiger partial charge is 0.207 e. The van der Waals surface area contributed by atoms with Crippen LogP contribution in [0.1, 0.15) is 31.6 Å². The molecule has 7 heteroatoms. The molecule has 2 aromatic rings. The van der Waals surface area contributed by atoms with Gasteiger partial charge in [-0.25, -0.2) is 15.0 Å². The van der Waals surface area contributed by atoms with Crippen molar-refractivity contribution in [1.82, 2.24) is 19.5 Å². The van der Waals surface area contributed by atoms with Crippen molar-refractivity contribution in [1.29, 1.82) is 0 Å². The highest BCUT2D eigenvalue weighted by Crippen LogP contribution is 2.31. The minimum Gasteiger partial charge on any atom is -0.388 e. The van der Waals surface area contributed by atoms with E-state index in [2.05, 4.69) is 26.8 Å². The van der Waals surface area contributed by atoms with Crippen LogP contribution < -0.4 is 0 Å². The number of aromatic nitrogens is 4. The van der Waals surface area contributed by atoms with Crippen LogP contribution in [0.2, 0.25) is 0 Å². The molecule has 0 aromatic carbocycles. The quantitative estimate of drug-likeness (QED) is 0.725. The number of ether oxygens (including phenoxy) is 1. The third-order valence-electron chi connectivity index (χ3n) is 3.58. The van der Waals surface area contributed by atoms with Crippen LogP contribution in [0.5, 0.6) is 0 Å². The highest BCUT2D eigenvalue weighted by Gasteiger charge is 2.42. The van der Waals surface area contributed by atoms with E-state index in [4.69, 9.17) is 4.74 Å². The summed E-state index contributed by atoms with van der Waals surface area (Å²) in [7, 11) is 0. The second-order valence-corrected chi connectivity index (χ2v) is 5.04. The number of hydrogen-bond acceptors (Lipinski definition) is 6. The number of aliphatic hydroxyl groups is 2. The Bertz CT molecular complexity index is 746. The zero-order valence-electron chi connectivity index (χ0n) is 12.0. The minimum absolute atomic E-state index is 0.394. The molecule has 0 bridgehead atoms. The minimum atomic E-state index is -1.03. The maximum atomic E-state index is 10.1. The average Bonchev–Trinajstić information content (AvgIpc) is 2.96. The number of imidazole rings is 1. The van der Waals surface area contributed by atoms with Crippen molar-refractivity contribution in [3.63, 3.8) is 0 Å². The van der Waals surface area contributed by atoms with Crippen molar-refractivity contribution in [3.05, 3.63) is 17.8 Å². The molecule has 0 spiro atoms. The van der Waals surface area contributed by atoms with Gasteiger partial charge in [-0.2, -0.15) is 0 Å². The third-order valence-corrected chi connectivity index (χ3v) is 3.58. The molecule has 4 atom stereocenters. The molecule has 0 saturated carbocycles. The first-order chi connectivity index (χ1) is 10.0. The molecule has 1 aliphatic heterocycles. The maximum absolute atomic E-state index is 10.1. The van der Waals surface area contributed by atoms with E-state index in [1.54, 1.807) is 18.4 Å². The van der Waals surface area contributed by atoms with Crippen LogP contribution in [0.25, 0.3) is 11.2 Å². The van der Waals surface area contributed by atoms with Crippen molar-refractivity contribution >= 4 is 11.2 Å². The molecule has 0 aliphatic carbocycles. The number of hydrogen-bond donors (Lipinski definition) is 2. The van der Waals surface area contributed by atoms with Gasteiger partial charge in [-0.15, -0.1) is 0 Å². The molecule has 110 valence electrons. The lowest BCUT2D eigenvalue weighted by Gasteiger charge is -2.16. The molecule has 3 rings (SSSR count). The van der Waals surface area contributed by atoms with Crippen LogP contribution in [-0.4, -0.2) is 48.0 Å². The van der Waals surface area contributed by atoms with Gasteiger partial charge >= 0.3 is 0 Å². The summed E-state index contributed by atoms with van der Waals surface area (Å²) in [6, 6.07) is 0. The van der Waals surface area contributed by atoms with Crippen molar-refractivity contribution in [2.75, 3.05) is 0 Å². The zero-order valence-corrected chi connectivity index (χ0v) is 12.0. The largest absolute Gasteiger partial charge is 0.388 e. The molecule has 0 amide bonds. The number of aliphatic hydroxyl groups excluding tert-OH is 2. The maximum Gasteiger partial charge on any atom is 0.207 e. The van der Waals surface area contributed by atoms with E-state index in [0.29, 0.717) is 22.7 Å². The Kier molecular flexibility index (Phi) is 3.37. The van der Waals surface area contributed by atoms with E-state index < -0.39 is 24.5 Å². The fourth-order valence-corrected chi connectivity index (χ4v) is 2.47. The molecule has 2 N–H and O–H groups in total. The average molecular weight is 288 g/mol.